The molecule has 0 saturated heterocycles. The van der Waals surface area contributed by atoms with E-state index in [0.29, 0.717) is 0 Å². The van der Waals surface area contributed by atoms with Crippen LogP contribution in [0.2, 0.25) is 0 Å². The number of nitrogens with two attached hydrogens (primary N) is 1. The van der Waals surface area contributed by atoms with Crippen molar-refractivity contribution >= 4 is 21.7 Å². The van der Waals surface area contributed by atoms with Crippen molar-refractivity contribution in [2.45, 2.75) is 11.8 Å². The number of aliphatic hydroxyl groups excluding tert-OH is 1. The van der Waals surface area contributed by atoms with Crippen molar-refractivity contribution in [3.05, 3.63) is 23.8 Å². The van der Waals surface area contributed by atoms with Crippen LogP contribution >= 0.6 is 0 Å². The molecule has 0 aliphatic carbocycles. The Morgan fingerprint density at radius 1 is 1.50 bits per heavy atom. The number of nitrogen functional groups attached to an aromatic ring is 1. The number of sulfonamides is 1. The molecule has 0 heterocycles. The van der Waals surface area contributed by atoms with Crippen LogP contribution < -0.4 is 10.5 Å². The standard InChI is InChI=1S/C12H18N2O5S/c1-8(7-15)6-14-20(17,18)11-4-3-9(5-10(11)13)12(16)19-2/h3-5,8,14-15H,6-7,13H2,1-2H3. The SMILES string of the molecule is COC(=O)c1ccc(S(=O)(=O)NCC(C)CO)c(N)c1. The van der Waals surface area contributed by atoms with Gasteiger partial charge in [-0.25, -0.2) is 17.9 Å². The van der Waals surface area contributed by atoms with Gasteiger partial charge in [0.1, 0.15) is 4.90 Å². The van der Waals surface area contributed by atoms with Crippen molar-refractivity contribution in [2.75, 3.05) is 26.0 Å². The average molecular weight is 302 g/mol. The number of aliphatic hydroxyl groups is 1. The Morgan fingerprint density at radius 3 is 2.65 bits per heavy atom. The van der Waals surface area contributed by atoms with E-state index >= 15 is 0 Å². The zero-order valence-corrected chi connectivity index (χ0v) is 12.1. The topological polar surface area (TPSA) is 119 Å². The van der Waals surface area contributed by atoms with Crippen molar-refractivity contribution in [1.82, 2.24) is 4.72 Å². The molecule has 0 saturated carbocycles. The number of hydrogen-bond acceptors (Lipinski definition) is 6. The van der Waals surface area contributed by atoms with Gasteiger partial charge in [0, 0.05) is 13.2 Å². The molecular weight excluding hydrogens is 284 g/mol. The average Bonchev–Trinajstić information content (AvgIpc) is 2.43. The highest BCUT2D eigenvalue weighted by Gasteiger charge is 2.19. The Morgan fingerprint density at radius 2 is 2.15 bits per heavy atom. The van der Waals surface area contributed by atoms with E-state index in [1.165, 1.54) is 25.3 Å². The molecule has 20 heavy (non-hydrogen) atoms. The lowest BCUT2D eigenvalue weighted by molar-refractivity contribution is 0.0600. The van der Waals surface area contributed by atoms with E-state index in [0.717, 1.165) is 0 Å². The van der Waals surface area contributed by atoms with E-state index in [1.54, 1.807) is 6.92 Å². The summed E-state index contributed by atoms with van der Waals surface area (Å²) in [6, 6.07) is 3.82. The van der Waals surface area contributed by atoms with Crippen LogP contribution in [0.25, 0.3) is 0 Å². The molecule has 0 bridgehead atoms. The summed E-state index contributed by atoms with van der Waals surface area (Å²) in [5.74, 6) is -0.803. The fraction of sp³-hybridized carbons (Fsp3) is 0.417. The summed E-state index contributed by atoms with van der Waals surface area (Å²) in [5, 5.41) is 8.87. The van der Waals surface area contributed by atoms with Crippen LogP contribution in [-0.2, 0) is 14.8 Å². The summed E-state index contributed by atoms with van der Waals surface area (Å²) in [6.07, 6.45) is 0. The minimum atomic E-state index is -3.78. The minimum Gasteiger partial charge on any atom is -0.465 e. The number of methoxy groups -OCH3 is 1. The van der Waals surface area contributed by atoms with Crippen molar-refractivity contribution in [1.29, 1.82) is 0 Å². The molecule has 0 aliphatic heterocycles. The van der Waals surface area contributed by atoms with E-state index in [-0.39, 0.29) is 35.2 Å². The van der Waals surface area contributed by atoms with E-state index in [9.17, 15) is 13.2 Å². The lowest BCUT2D eigenvalue weighted by atomic mass is 10.2. The number of ether oxygens (including phenoxy) is 1. The van der Waals surface area contributed by atoms with Gasteiger partial charge in [-0.15, -0.1) is 0 Å². The Bertz CT molecular complexity index is 586. The van der Waals surface area contributed by atoms with Crippen LogP contribution in [0.3, 0.4) is 0 Å². The molecule has 7 nitrogen and oxygen atoms in total. The van der Waals surface area contributed by atoms with Crippen LogP contribution in [0.1, 0.15) is 17.3 Å². The van der Waals surface area contributed by atoms with Gasteiger partial charge >= 0.3 is 5.97 Å². The summed E-state index contributed by atoms with van der Waals surface area (Å²) in [4.78, 5) is 11.2. The molecule has 0 fully saturated rings. The smallest absolute Gasteiger partial charge is 0.337 e. The van der Waals surface area contributed by atoms with Gasteiger partial charge in [-0.3, -0.25) is 0 Å². The van der Waals surface area contributed by atoms with Crippen LogP contribution in [0.5, 0.6) is 0 Å². The molecule has 0 spiro atoms. The molecule has 1 rings (SSSR count). The predicted molar refractivity (Wildman–Crippen MR) is 73.6 cm³/mol. The van der Waals surface area contributed by atoms with E-state index in [2.05, 4.69) is 9.46 Å². The maximum Gasteiger partial charge on any atom is 0.337 e. The number of nitrogens with one attached hydrogen (secondary N) is 1. The summed E-state index contributed by atoms with van der Waals surface area (Å²) >= 11 is 0. The van der Waals surface area contributed by atoms with E-state index < -0.39 is 16.0 Å². The predicted octanol–water partition coefficient (Wildman–Crippen LogP) is -0.0379. The fourth-order valence-electron chi connectivity index (χ4n) is 1.43. The molecule has 0 radical (unpaired) electrons. The first-order valence-electron chi connectivity index (χ1n) is 5.90. The van der Waals surface area contributed by atoms with Gasteiger partial charge in [-0.2, -0.15) is 0 Å². The highest BCUT2D eigenvalue weighted by atomic mass is 32.2. The Hall–Kier alpha value is -1.64. The molecule has 1 unspecified atom stereocenters. The Labute approximate surface area is 117 Å². The molecule has 1 aromatic rings. The van der Waals surface area contributed by atoms with Gasteiger partial charge in [0.15, 0.2) is 0 Å². The molecule has 112 valence electrons. The van der Waals surface area contributed by atoms with Crippen LogP contribution in [0, 0.1) is 5.92 Å². The zero-order valence-electron chi connectivity index (χ0n) is 11.3. The third kappa shape index (κ3) is 3.92. The monoisotopic (exact) mass is 302 g/mol. The second-order valence-electron chi connectivity index (χ2n) is 4.38. The Balaban J connectivity index is 2.99. The molecule has 0 amide bonds. The quantitative estimate of drug-likeness (QED) is 0.501. The summed E-state index contributed by atoms with van der Waals surface area (Å²) < 4.78 is 30.9. The van der Waals surface area contributed by atoms with Crippen molar-refractivity contribution < 1.29 is 23.1 Å². The number of carbonyl (C=O) groups excluding carboxylic acids is 1. The molecule has 1 aromatic carbocycles. The lowest BCUT2D eigenvalue weighted by Crippen LogP contribution is -2.30. The first-order chi connectivity index (χ1) is 9.31. The van der Waals surface area contributed by atoms with Gasteiger partial charge in [0.05, 0.1) is 18.4 Å². The molecular formula is C12H18N2O5S. The number of rotatable bonds is 6. The van der Waals surface area contributed by atoms with Crippen molar-refractivity contribution in [3.63, 3.8) is 0 Å². The third-order valence-corrected chi connectivity index (χ3v) is 4.15. The van der Waals surface area contributed by atoms with Crippen molar-refractivity contribution in [3.8, 4) is 0 Å². The normalized spacial score (nSPS) is 12.9. The van der Waals surface area contributed by atoms with Gasteiger partial charge in [0.25, 0.3) is 0 Å². The third-order valence-electron chi connectivity index (χ3n) is 2.65. The lowest BCUT2D eigenvalue weighted by Gasteiger charge is -2.12. The number of benzene rings is 1. The maximum absolute atomic E-state index is 12.0. The molecule has 4 N–H and O–H groups in total. The van der Waals surface area contributed by atoms with E-state index in [4.69, 9.17) is 10.8 Å². The molecule has 0 aromatic heterocycles. The first-order valence-corrected chi connectivity index (χ1v) is 7.38. The van der Waals surface area contributed by atoms with Crippen LogP contribution in [0.4, 0.5) is 5.69 Å². The van der Waals surface area contributed by atoms with Crippen LogP contribution in [0.15, 0.2) is 23.1 Å². The maximum atomic E-state index is 12.0. The van der Waals surface area contributed by atoms with E-state index in [1.807, 2.05) is 0 Å². The number of carbonyl (C=O) groups is 1. The molecule has 1 atom stereocenters. The number of anilines is 1. The molecule has 8 heteroatoms. The second kappa shape index (κ2) is 6.69. The van der Waals surface area contributed by atoms with Crippen LogP contribution in [-0.4, -0.2) is 39.8 Å². The van der Waals surface area contributed by atoms with Crippen molar-refractivity contribution in [2.24, 2.45) is 5.92 Å². The zero-order chi connectivity index (χ0) is 15.3. The first kappa shape index (κ1) is 16.4. The highest BCUT2D eigenvalue weighted by Crippen LogP contribution is 2.20. The molecule has 0 aliphatic rings. The van der Waals surface area contributed by atoms with Gasteiger partial charge < -0.3 is 15.6 Å². The minimum absolute atomic E-state index is 0.0444. The van der Waals surface area contributed by atoms with Gasteiger partial charge in [0.2, 0.25) is 10.0 Å². The highest BCUT2D eigenvalue weighted by molar-refractivity contribution is 7.89. The summed E-state index contributed by atoms with van der Waals surface area (Å²) in [5.41, 5.74) is 5.79. The second-order valence-corrected chi connectivity index (χ2v) is 6.12. The van der Waals surface area contributed by atoms with Gasteiger partial charge in [-0.1, -0.05) is 6.92 Å². The summed E-state index contributed by atoms with van der Waals surface area (Å²) in [6.45, 7) is 1.67. The number of hydrogen-bond donors (Lipinski definition) is 3. The fourth-order valence-corrected chi connectivity index (χ4v) is 2.71. The largest absolute Gasteiger partial charge is 0.465 e. The Kier molecular flexibility index (Phi) is 5.49. The van der Waals surface area contributed by atoms with Gasteiger partial charge in [-0.05, 0) is 24.1 Å². The summed E-state index contributed by atoms with van der Waals surface area (Å²) in [7, 11) is -2.56. The number of esters is 1.